The van der Waals surface area contributed by atoms with Crippen LogP contribution in [0.2, 0.25) is 5.02 Å². The topological polar surface area (TPSA) is 103 Å². The molecule has 31 heavy (non-hydrogen) atoms. The van der Waals surface area contributed by atoms with Gasteiger partial charge in [-0.25, -0.2) is 5.43 Å². The van der Waals surface area contributed by atoms with Gasteiger partial charge >= 0.3 is 0 Å². The Hall–Kier alpha value is -3.91. The van der Waals surface area contributed by atoms with Crippen LogP contribution in [0.5, 0.6) is 11.5 Å². The van der Waals surface area contributed by atoms with Crippen molar-refractivity contribution in [2.45, 2.75) is 6.61 Å². The third kappa shape index (κ3) is 6.03. The van der Waals surface area contributed by atoms with E-state index in [9.17, 15) is 14.9 Å². The molecule has 0 unspecified atom stereocenters. The predicted molar refractivity (Wildman–Crippen MR) is 117 cm³/mol. The molecule has 0 aliphatic rings. The number of carbonyl (C=O) groups is 1. The number of nitro benzene ring substituents is 1. The summed E-state index contributed by atoms with van der Waals surface area (Å²) >= 11 is 5.86. The molecule has 3 aromatic carbocycles. The molecule has 3 aromatic rings. The van der Waals surface area contributed by atoms with Gasteiger partial charge in [0.15, 0.2) is 0 Å². The van der Waals surface area contributed by atoms with Crippen LogP contribution in [0.4, 0.5) is 5.69 Å². The molecule has 0 bridgehead atoms. The summed E-state index contributed by atoms with van der Waals surface area (Å²) in [6.45, 7) is 0.408. The van der Waals surface area contributed by atoms with Gasteiger partial charge in [0, 0.05) is 17.2 Å². The number of rotatable bonds is 8. The van der Waals surface area contributed by atoms with Gasteiger partial charge in [0.2, 0.25) is 0 Å². The highest BCUT2D eigenvalue weighted by Gasteiger charge is 2.17. The zero-order chi connectivity index (χ0) is 22.2. The van der Waals surface area contributed by atoms with Crippen LogP contribution < -0.4 is 14.9 Å². The van der Waals surface area contributed by atoms with Crippen LogP contribution in [-0.4, -0.2) is 24.2 Å². The molecule has 1 amide bonds. The highest BCUT2D eigenvalue weighted by molar-refractivity contribution is 6.30. The first-order valence-electron chi connectivity index (χ1n) is 9.09. The zero-order valence-corrected chi connectivity index (χ0v) is 17.2. The Morgan fingerprint density at radius 2 is 1.84 bits per heavy atom. The molecular weight excluding hydrogens is 422 g/mol. The standard InChI is InChI=1S/C22H18ClN3O5/c1-30-21-11-8-18(26(28)29)12-20(21)22(27)25-24-13-15-4-9-19(10-5-15)31-14-16-2-6-17(23)7-3-16/h2-13H,14H2,1H3,(H,25,27)/b24-13-. The Morgan fingerprint density at radius 3 is 2.48 bits per heavy atom. The van der Waals surface area contributed by atoms with Crippen LogP contribution in [0.3, 0.4) is 0 Å². The molecule has 0 spiro atoms. The first-order valence-corrected chi connectivity index (χ1v) is 9.47. The van der Waals surface area contributed by atoms with Crippen LogP contribution in [0.25, 0.3) is 0 Å². The maximum Gasteiger partial charge on any atom is 0.275 e. The molecule has 9 heteroatoms. The van der Waals surface area contributed by atoms with Crippen molar-refractivity contribution in [3.05, 3.63) is 98.6 Å². The number of nitrogens with zero attached hydrogens (tertiary/aromatic N) is 2. The molecule has 0 fully saturated rings. The second kappa shape index (κ2) is 10.2. The average molecular weight is 440 g/mol. The van der Waals surface area contributed by atoms with E-state index in [2.05, 4.69) is 10.5 Å². The van der Waals surface area contributed by atoms with Gasteiger partial charge in [-0.15, -0.1) is 0 Å². The minimum atomic E-state index is -0.625. The number of carbonyl (C=O) groups excluding carboxylic acids is 1. The van der Waals surface area contributed by atoms with Crippen LogP contribution in [-0.2, 0) is 6.61 Å². The van der Waals surface area contributed by atoms with Crippen LogP contribution >= 0.6 is 11.6 Å². The molecule has 0 atom stereocenters. The second-order valence-electron chi connectivity index (χ2n) is 6.32. The lowest BCUT2D eigenvalue weighted by Crippen LogP contribution is -2.18. The van der Waals surface area contributed by atoms with Crippen LogP contribution in [0.15, 0.2) is 71.8 Å². The highest BCUT2D eigenvalue weighted by Crippen LogP contribution is 2.23. The van der Waals surface area contributed by atoms with E-state index in [4.69, 9.17) is 21.1 Å². The van der Waals surface area contributed by atoms with Gasteiger partial charge in [0.1, 0.15) is 18.1 Å². The van der Waals surface area contributed by atoms with Crippen LogP contribution in [0, 0.1) is 10.1 Å². The predicted octanol–water partition coefficient (Wildman–Crippen LogP) is 4.60. The fraction of sp³-hybridized carbons (Fsp3) is 0.0909. The lowest BCUT2D eigenvalue weighted by atomic mass is 10.1. The number of hydrogen-bond donors (Lipinski definition) is 1. The second-order valence-corrected chi connectivity index (χ2v) is 6.76. The Bertz CT molecular complexity index is 1100. The van der Waals surface area contributed by atoms with E-state index in [0.717, 1.165) is 17.2 Å². The molecule has 0 aliphatic heterocycles. The molecular formula is C22H18ClN3O5. The van der Waals surface area contributed by atoms with E-state index in [-0.39, 0.29) is 17.0 Å². The van der Waals surface area contributed by atoms with Crippen molar-refractivity contribution in [1.29, 1.82) is 0 Å². The molecule has 3 rings (SSSR count). The number of hydrazone groups is 1. The van der Waals surface area contributed by atoms with Crippen molar-refractivity contribution in [3.8, 4) is 11.5 Å². The number of ether oxygens (including phenoxy) is 2. The zero-order valence-electron chi connectivity index (χ0n) is 16.4. The summed E-state index contributed by atoms with van der Waals surface area (Å²) in [4.78, 5) is 22.7. The van der Waals surface area contributed by atoms with Gasteiger partial charge in [-0.2, -0.15) is 5.10 Å². The number of halogens is 1. The molecule has 0 saturated heterocycles. The first-order chi connectivity index (χ1) is 15.0. The van der Waals surface area contributed by atoms with E-state index in [0.29, 0.717) is 17.4 Å². The number of methoxy groups -OCH3 is 1. The van der Waals surface area contributed by atoms with Gasteiger partial charge in [0.25, 0.3) is 11.6 Å². The van der Waals surface area contributed by atoms with Gasteiger partial charge < -0.3 is 9.47 Å². The molecule has 158 valence electrons. The SMILES string of the molecule is COc1ccc([N+](=O)[O-])cc1C(=O)N/N=C\c1ccc(OCc2ccc(Cl)cc2)cc1. The Balaban J connectivity index is 1.58. The summed E-state index contributed by atoms with van der Waals surface area (Å²) in [5.74, 6) is 0.262. The van der Waals surface area contributed by atoms with Gasteiger partial charge in [0.05, 0.1) is 23.8 Å². The minimum absolute atomic E-state index is 0.0137. The van der Waals surface area contributed by atoms with E-state index >= 15 is 0 Å². The van der Waals surface area contributed by atoms with Gasteiger partial charge in [-0.05, 0) is 53.6 Å². The summed E-state index contributed by atoms with van der Waals surface area (Å²) in [5, 5.41) is 15.5. The van der Waals surface area contributed by atoms with Gasteiger partial charge in [-0.3, -0.25) is 14.9 Å². The van der Waals surface area contributed by atoms with Gasteiger partial charge in [-0.1, -0.05) is 23.7 Å². The molecule has 0 aliphatic carbocycles. The summed E-state index contributed by atoms with van der Waals surface area (Å²) in [5.41, 5.74) is 3.86. The number of non-ortho nitro benzene ring substituents is 1. The molecule has 0 heterocycles. The first kappa shape index (κ1) is 21.8. The fourth-order valence-corrected chi connectivity index (χ4v) is 2.74. The summed E-state index contributed by atoms with van der Waals surface area (Å²) in [6.07, 6.45) is 1.45. The maximum absolute atomic E-state index is 12.3. The van der Waals surface area contributed by atoms with Crippen molar-refractivity contribution in [3.63, 3.8) is 0 Å². The minimum Gasteiger partial charge on any atom is -0.496 e. The summed E-state index contributed by atoms with van der Waals surface area (Å²) in [7, 11) is 1.37. The summed E-state index contributed by atoms with van der Waals surface area (Å²) < 4.78 is 10.8. The van der Waals surface area contributed by atoms with Crippen molar-refractivity contribution in [2.75, 3.05) is 7.11 Å². The van der Waals surface area contributed by atoms with E-state index < -0.39 is 10.8 Å². The maximum atomic E-state index is 12.3. The Morgan fingerprint density at radius 1 is 1.13 bits per heavy atom. The number of nitrogens with one attached hydrogen (secondary N) is 1. The van der Waals surface area contributed by atoms with Crippen molar-refractivity contribution in [2.24, 2.45) is 5.10 Å². The highest BCUT2D eigenvalue weighted by atomic mass is 35.5. The third-order valence-electron chi connectivity index (χ3n) is 4.22. The molecule has 0 aromatic heterocycles. The number of benzene rings is 3. The average Bonchev–Trinajstić information content (AvgIpc) is 2.79. The molecule has 0 radical (unpaired) electrons. The largest absolute Gasteiger partial charge is 0.496 e. The van der Waals surface area contributed by atoms with Crippen molar-refractivity contribution in [1.82, 2.24) is 5.43 Å². The Labute approximate surface area is 183 Å². The number of amides is 1. The lowest BCUT2D eigenvalue weighted by molar-refractivity contribution is -0.384. The Kier molecular flexibility index (Phi) is 7.18. The quantitative estimate of drug-likeness (QED) is 0.314. The fourth-order valence-electron chi connectivity index (χ4n) is 2.61. The normalized spacial score (nSPS) is 10.6. The van der Waals surface area contributed by atoms with E-state index in [1.54, 1.807) is 36.4 Å². The molecule has 8 nitrogen and oxygen atoms in total. The van der Waals surface area contributed by atoms with Crippen molar-refractivity contribution >= 4 is 29.4 Å². The third-order valence-corrected chi connectivity index (χ3v) is 4.47. The lowest BCUT2D eigenvalue weighted by Gasteiger charge is -2.07. The van der Waals surface area contributed by atoms with E-state index in [1.165, 1.54) is 25.5 Å². The number of hydrogen-bond acceptors (Lipinski definition) is 6. The summed E-state index contributed by atoms with van der Waals surface area (Å²) in [6, 6.07) is 18.3. The smallest absolute Gasteiger partial charge is 0.275 e. The van der Waals surface area contributed by atoms with Crippen LogP contribution in [0.1, 0.15) is 21.5 Å². The molecule has 0 saturated carbocycles. The van der Waals surface area contributed by atoms with Crippen molar-refractivity contribution < 1.29 is 19.2 Å². The molecule has 1 N–H and O–H groups in total. The number of nitro groups is 1. The monoisotopic (exact) mass is 439 g/mol. The van der Waals surface area contributed by atoms with E-state index in [1.807, 2.05) is 12.1 Å².